The number of halogens is 3. The smallest absolute Gasteiger partial charge is 0.304 e. The number of carbonyl (C=O) groups excluding carboxylic acids is 1. The van der Waals surface area contributed by atoms with Crippen LogP contribution in [-0.4, -0.2) is 21.1 Å². The van der Waals surface area contributed by atoms with Crippen LogP contribution in [0.3, 0.4) is 0 Å². The Hall–Kier alpha value is -3.29. The van der Waals surface area contributed by atoms with E-state index in [2.05, 4.69) is 66.4 Å². The number of alkyl halides is 3. The summed E-state index contributed by atoms with van der Waals surface area (Å²) in [6, 6.07) is 18.5. The molecule has 0 saturated heterocycles. The number of carbonyl (C=O) groups is 1. The first kappa shape index (κ1) is 31.6. The first-order valence-electron chi connectivity index (χ1n) is 14.2. The molecule has 219 valence electrons. The van der Waals surface area contributed by atoms with E-state index in [0.717, 1.165) is 30.4 Å². The van der Waals surface area contributed by atoms with Crippen LogP contribution in [0.25, 0.3) is 5.69 Å². The molecule has 42 heavy (non-hydrogen) atoms. The quantitative estimate of drug-likeness (QED) is 0.164. The first-order chi connectivity index (χ1) is 19.6. The van der Waals surface area contributed by atoms with Crippen molar-refractivity contribution in [1.29, 1.82) is 0 Å². The van der Waals surface area contributed by atoms with Crippen LogP contribution in [0.5, 0.6) is 0 Å². The number of benzene rings is 2. The number of pyridine rings is 1. The summed E-state index contributed by atoms with van der Waals surface area (Å²) in [4.78, 5) is 13.4. The van der Waals surface area contributed by atoms with E-state index in [1.807, 2.05) is 13.0 Å². The summed E-state index contributed by atoms with van der Waals surface area (Å²) in [5.41, 5.74) is 8.03. The maximum Gasteiger partial charge on any atom is 0.435 e. The molecule has 4 nitrogen and oxygen atoms in total. The molecule has 6 rings (SSSR count). The van der Waals surface area contributed by atoms with E-state index in [4.69, 9.17) is 4.79 Å². The topological polar surface area (TPSA) is 47.8 Å². The minimum atomic E-state index is -4.49. The molecule has 0 aliphatic heterocycles. The molecule has 0 bridgehead atoms. The van der Waals surface area contributed by atoms with Crippen LogP contribution < -0.4 is 0 Å². The molecular weight excluding hydrogens is 574 g/mol. The Kier molecular flexibility index (Phi) is 9.74. The Morgan fingerprint density at radius 2 is 1.81 bits per heavy atom. The van der Waals surface area contributed by atoms with Gasteiger partial charge in [-0.05, 0) is 69.6 Å². The largest absolute Gasteiger partial charge is 0.435 e. The molecular formula is C34H35F3N3OV-. The molecule has 2 atom stereocenters. The van der Waals surface area contributed by atoms with Crippen molar-refractivity contribution in [2.24, 2.45) is 0 Å². The monoisotopic (exact) mass is 609 g/mol. The van der Waals surface area contributed by atoms with Gasteiger partial charge in [0.05, 0.1) is 11.4 Å². The molecule has 0 spiro atoms. The van der Waals surface area contributed by atoms with Gasteiger partial charge in [-0.1, -0.05) is 49.2 Å². The van der Waals surface area contributed by atoms with E-state index >= 15 is 0 Å². The average molecular weight is 610 g/mol. The number of rotatable bonds is 6. The molecule has 0 fully saturated rings. The first-order valence-corrected chi connectivity index (χ1v) is 14.2. The van der Waals surface area contributed by atoms with Crippen molar-refractivity contribution in [2.75, 3.05) is 0 Å². The van der Waals surface area contributed by atoms with E-state index in [-0.39, 0.29) is 30.4 Å². The zero-order valence-electron chi connectivity index (χ0n) is 24.4. The number of aromatic nitrogens is 3. The van der Waals surface area contributed by atoms with Gasteiger partial charge in [-0.15, -0.1) is 12.1 Å². The van der Waals surface area contributed by atoms with E-state index in [1.54, 1.807) is 16.9 Å². The van der Waals surface area contributed by atoms with Crippen LogP contribution in [0.15, 0.2) is 60.8 Å². The molecule has 2 aromatic heterocycles. The van der Waals surface area contributed by atoms with Gasteiger partial charge in [0.25, 0.3) is 0 Å². The normalized spacial score (nSPS) is 15.9. The van der Waals surface area contributed by atoms with E-state index in [1.165, 1.54) is 35.1 Å². The Labute approximate surface area is 257 Å². The molecule has 0 amide bonds. The zero-order chi connectivity index (χ0) is 29.3. The Bertz CT molecular complexity index is 1540. The predicted molar refractivity (Wildman–Crippen MR) is 154 cm³/mol. The van der Waals surface area contributed by atoms with Crippen LogP contribution in [0, 0.1) is 12.8 Å². The third kappa shape index (κ3) is 6.68. The molecule has 2 aliphatic carbocycles. The van der Waals surface area contributed by atoms with E-state index in [0.29, 0.717) is 36.2 Å². The van der Waals surface area contributed by atoms with Gasteiger partial charge in [-0.25, -0.2) is 4.68 Å². The van der Waals surface area contributed by atoms with Crippen LogP contribution >= 0.6 is 0 Å². The Morgan fingerprint density at radius 3 is 2.48 bits per heavy atom. The molecule has 8 heteroatoms. The second-order valence-electron chi connectivity index (χ2n) is 11.2. The number of nitrogens with zero attached hydrogens (tertiary/aromatic N) is 3. The summed E-state index contributed by atoms with van der Waals surface area (Å²) in [5, 5.41) is 4.21. The van der Waals surface area contributed by atoms with Gasteiger partial charge in [-0.3, -0.25) is 4.98 Å². The number of hydrogen-bond donors (Lipinski definition) is 0. The van der Waals surface area contributed by atoms with Crippen LogP contribution in [0.1, 0.15) is 95.9 Å². The Balaban J connectivity index is 0.000000972. The summed E-state index contributed by atoms with van der Waals surface area (Å²) in [6.07, 6.45) is 1.33. The average Bonchev–Trinajstić information content (AvgIpc) is 3.40. The minimum absolute atomic E-state index is 0. The van der Waals surface area contributed by atoms with Crippen LogP contribution in [0.4, 0.5) is 13.2 Å². The molecule has 0 N–H and O–H groups in total. The van der Waals surface area contributed by atoms with E-state index in [9.17, 15) is 13.2 Å². The van der Waals surface area contributed by atoms with Crippen molar-refractivity contribution >= 4 is 6.29 Å². The van der Waals surface area contributed by atoms with Gasteiger partial charge in [0, 0.05) is 41.9 Å². The fourth-order valence-corrected chi connectivity index (χ4v) is 5.99. The summed E-state index contributed by atoms with van der Waals surface area (Å²) in [6.45, 7) is 7.79. The second kappa shape index (κ2) is 12.9. The SMILES string of the molecule is CC=O.Cc1ccc(CC2CCCc3c(C(F)(F)F)nn(-c4ccnc(CC(C)c5ccc6c(c5)[C-]6C)c4)c32)cc1.[V]. The van der Waals surface area contributed by atoms with Crippen molar-refractivity contribution < 1.29 is 36.5 Å². The third-order valence-corrected chi connectivity index (χ3v) is 8.18. The summed E-state index contributed by atoms with van der Waals surface area (Å²) < 4.78 is 43.9. The van der Waals surface area contributed by atoms with Gasteiger partial charge in [0.1, 0.15) is 6.29 Å². The third-order valence-electron chi connectivity index (χ3n) is 8.18. The van der Waals surface area contributed by atoms with Crippen LogP contribution in [-0.2, 0) is 48.8 Å². The fourth-order valence-electron chi connectivity index (χ4n) is 5.99. The van der Waals surface area contributed by atoms with Crippen LogP contribution in [0.2, 0.25) is 0 Å². The number of hydrogen-bond acceptors (Lipinski definition) is 3. The van der Waals surface area contributed by atoms with Gasteiger partial charge >= 0.3 is 6.18 Å². The number of aryl methyl sites for hydroxylation is 1. The van der Waals surface area contributed by atoms with Crippen molar-refractivity contribution in [3.8, 4) is 5.69 Å². The molecule has 2 aromatic carbocycles. The summed E-state index contributed by atoms with van der Waals surface area (Å²) >= 11 is 0. The maximum absolute atomic E-state index is 14.1. The summed E-state index contributed by atoms with van der Waals surface area (Å²) in [7, 11) is 0. The summed E-state index contributed by atoms with van der Waals surface area (Å²) in [5.74, 6) is 1.56. The Morgan fingerprint density at radius 1 is 1.10 bits per heavy atom. The second-order valence-corrected chi connectivity index (χ2v) is 11.2. The molecule has 1 radical (unpaired) electrons. The zero-order valence-corrected chi connectivity index (χ0v) is 25.8. The van der Waals surface area contributed by atoms with Crippen molar-refractivity contribution in [2.45, 2.75) is 77.8 Å². The number of fused-ring (bicyclic) bond motifs is 2. The van der Waals surface area contributed by atoms with Gasteiger partial charge in [0.2, 0.25) is 0 Å². The fraction of sp³-hybridized carbons (Fsp3) is 0.353. The van der Waals surface area contributed by atoms with E-state index < -0.39 is 11.9 Å². The molecule has 4 aromatic rings. The van der Waals surface area contributed by atoms with Crippen molar-refractivity contribution in [3.63, 3.8) is 0 Å². The standard InChI is InChI=1S/C32H31F3N3.C2H4O.V/c1-19-7-9-22(10-8-19)16-24-5-4-6-28-30(24)38(37-31(28)32(33,34)35)26-13-14-36-25(18-26)15-20(2)23-11-12-27-21(3)29(27)17-23;1-2-3;/h7-14,17-18,20,24H,4-6,15-16H2,1-3H3;2H,1H3;/q-1;;. The molecule has 2 aliphatic rings. The van der Waals surface area contributed by atoms with Crippen molar-refractivity contribution in [1.82, 2.24) is 14.8 Å². The van der Waals surface area contributed by atoms with Gasteiger partial charge in [-0.2, -0.15) is 41.4 Å². The van der Waals surface area contributed by atoms with Gasteiger partial charge in [0.15, 0.2) is 5.69 Å². The number of aldehydes is 1. The molecule has 2 unspecified atom stereocenters. The minimum Gasteiger partial charge on any atom is -0.304 e. The van der Waals surface area contributed by atoms with Crippen molar-refractivity contribution in [3.05, 3.63) is 117 Å². The maximum atomic E-state index is 14.1. The molecule has 2 heterocycles. The molecule has 0 saturated carbocycles. The predicted octanol–water partition coefficient (Wildman–Crippen LogP) is 8.11. The van der Waals surface area contributed by atoms with Gasteiger partial charge < -0.3 is 4.79 Å².